The monoisotopic (exact) mass is 281 g/mol. The van der Waals surface area contributed by atoms with E-state index in [1.54, 1.807) is 30.6 Å². The second-order valence-electron chi connectivity index (χ2n) is 4.46. The van der Waals surface area contributed by atoms with Crippen LogP contribution in [-0.4, -0.2) is 26.2 Å². The predicted octanol–water partition coefficient (Wildman–Crippen LogP) is 2.81. The Morgan fingerprint density at radius 1 is 1.19 bits per heavy atom. The second-order valence-corrected chi connectivity index (χ2v) is 4.46. The third-order valence-electron chi connectivity index (χ3n) is 3.09. The Kier molecular flexibility index (Phi) is 3.19. The lowest BCUT2D eigenvalue weighted by atomic mass is 10.1. The minimum Gasteiger partial charge on any atom is -0.478 e. The highest BCUT2D eigenvalue weighted by molar-refractivity contribution is 5.94. The van der Waals surface area contributed by atoms with E-state index in [4.69, 9.17) is 4.52 Å². The molecular weight excluding hydrogens is 270 g/mol. The average molecular weight is 281 g/mol. The van der Waals surface area contributed by atoms with Crippen molar-refractivity contribution in [1.82, 2.24) is 15.1 Å². The number of carboxylic acids is 1. The number of nitrogens with zero attached hydrogens (tertiary/aromatic N) is 3. The molecule has 0 amide bonds. The van der Waals surface area contributed by atoms with Gasteiger partial charge >= 0.3 is 5.97 Å². The number of hydrogen-bond acceptors (Lipinski definition) is 5. The molecule has 0 aliphatic rings. The van der Waals surface area contributed by atoms with Crippen molar-refractivity contribution >= 4 is 5.97 Å². The molecule has 0 fully saturated rings. The third kappa shape index (κ3) is 2.38. The molecule has 3 aromatic rings. The van der Waals surface area contributed by atoms with Gasteiger partial charge in [0.1, 0.15) is 0 Å². The zero-order valence-electron chi connectivity index (χ0n) is 11.1. The van der Waals surface area contributed by atoms with Gasteiger partial charge in [0.15, 0.2) is 0 Å². The molecule has 0 spiro atoms. The lowest BCUT2D eigenvalue weighted by Gasteiger charge is -2.00. The summed E-state index contributed by atoms with van der Waals surface area (Å²) in [5.74, 6) is -0.482. The molecule has 21 heavy (non-hydrogen) atoms. The Hall–Kier alpha value is -3.02. The molecule has 2 heterocycles. The molecule has 0 saturated heterocycles. The van der Waals surface area contributed by atoms with Crippen LogP contribution in [-0.2, 0) is 0 Å². The first-order chi connectivity index (χ1) is 10.2. The highest BCUT2D eigenvalue weighted by Gasteiger charge is 2.17. The van der Waals surface area contributed by atoms with E-state index < -0.39 is 5.97 Å². The summed E-state index contributed by atoms with van der Waals surface area (Å²) in [5, 5.41) is 13.1. The van der Waals surface area contributed by atoms with Gasteiger partial charge in [-0.15, -0.1) is 0 Å². The summed E-state index contributed by atoms with van der Waals surface area (Å²) >= 11 is 0. The second kappa shape index (κ2) is 5.16. The zero-order valence-corrected chi connectivity index (χ0v) is 11.1. The minimum absolute atomic E-state index is 0.121. The van der Waals surface area contributed by atoms with E-state index in [0.717, 1.165) is 11.1 Å². The van der Waals surface area contributed by atoms with Gasteiger partial charge in [0.05, 0.1) is 11.1 Å². The van der Waals surface area contributed by atoms with Gasteiger partial charge in [0.25, 0.3) is 5.89 Å². The Bertz CT molecular complexity index is 811. The molecule has 0 aliphatic heterocycles. The average Bonchev–Trinajstić information content (AvgIpc) is 2.97. The number of hydrogen-bond donors (Lipinski definition) is 1. The van der Waals surface area contributed by atoms with Crippen molar-refractivity contribution in [1.29, 1.82) is 0 Å². The summed E-state index contributed by atoms with van der Waals surface area (Å²) in [6.07, 6.45) is 3.33. The fraction of sp³-hybridized carbons (Fsp3) is 0.0667. The number of carbonyl (C=O) groups is 1. The fourth-order valence-electron chi connectivity index (χ4n) is 2.00. The van der Waals surface area contributed by atoms with Gasteiger partial charge in [-0.2, -0.15) is 4.98 Å². The number of benzene rings is 1. The maximum absolute atomic E-state index is 11.2. The van der Waals surface area contributed by atoms with Crippen molar-refractivity contribution in [2.75, 3.05) is 0 Å². The predicted molar refractivity (Wildman–Crippen MR) is 74.7 cm³/mol. The maximum atomic E-state index is 11.2. The van der Waals surface area contributed by atoms with Crippen molar-refractivity contribution in [3.8, 4) is 22.8 Å². The van der Waals surface area contributed by atoms with Gasteiger partial charge in [-0.25, -0.2) is 4.79 Å². The molecule has 2 aromatic heterocycles. The van der Waals surface area contributed by atoms with E-state index in [-0.39, 0.29) is 11.5 Å². The van der Waals surface area contributed by atoms with Crippen LogP contribution in [0.1, 0.15) is 15.9 Å². The van der Waals surface area contributed by atoms with Crippen LogP contribution in [0.2, 0.25) is 0 Å². The van der Waals surface area contributed by atoms with E-state index in [2.05, 4.69) is 15.1 Å². The van der Waals surface area contributed by atoms with Gasteiger partial charge in [-0.05, 0) is 30.7 Å². The summed E-state index contributed by atoms with van der Waals surface area (Å²) in [7, 11) is 0. The number of aromatic nitrogens is 3. The van der Waals surface area contributed by atoms with E-state index in [1.165, 1.54) is 6.07 Å². The summed E-state index contributed by atoms with van der Waals surface area (Å²) in [4.78, 5) is 19.5. The molecule has 6 nitrogen and oxygen atoms in total. The Morgan fingerprint density at radius 3 is 2.76 bits per heavy atom. The van der Waals surface area contributed by atoms with E-state index >= 15 is 0 Å². The van der Waals surface area contributed by atoms with E-state index in [9.17, 15) is 9.90 Å². The van der Waals surface area contributed by atoms with Crippen molar-refractivity contribution < 1.29 is 14.4 Å². The summed E-state index contributed by atoms with van der Waals surface area (Å²) in [6.45, 7) is 1.91. The Balaban J connectivity index is 2.08. The molecule has 0 radical (unpaired) electrons. The van der Waals surface area contributed by atoms with E-state index in [0.29, 0.717) is 11.4 Å². The van der Waals surface area contributed by atoms with Gasteiger partial charge in [0.2, 0.25) is 5.82 Å². The minimum atomic E-state index is -1.04. The van der Waals surface area contributed by atoms with Gasteiger partial charge < -0.3 is 9.63 Å². The smallest absolute Gasteiger partial charge is 0.336 e. The standard InChI is InChI=1S/C15H11N3O3/c1-9-6-7-16-8-12(9)13-17-14(21-18-13)10-4-2-3-5-11(10)15(19)20/h2-8H,1H3,(H,19,20). The molecule has 0 aliphatic carbocycles. The third-order valence-corrected chi connectivity index (χ3v) is 3.09. The van der Waals surface area contributed by atoms with Crippen LogP contribution in [0.3, 0.4) is 0 Å². The Morgan fingerprint density at radius 2 is 2.00 bits per heavy atom. The van der Waals surface area contributed by atoms with Gasteiger partial charge in [0, 0.05) is 18.0 Å². The topological polar surface area (TPSA) is 89.1 Å². The van der Waals surface area contributed by atoms with Gasteiger partial charge in [-0.3, -0.25) is 4.98 Å². The first-order valence-electron chi connectivity index (χ1n) is 6.24. The molecule has 0 saturated carbocycles. The largest absolute Gasteiger partial charge is 0.478 e. The number of aromatic carboxylic acids is 1. The lowest BCUT2D eigenvalue weighted by molar-refractivity contribution is 0.0697. The first-order valence-corrected chi connectivity index (χ1v) is 6.24. The molecule has 1 N–H and O–H groups in total. The molecule has 6 heteroatoms. The highest BCUT2D eigenvalue weighted by atomic mass is 16.5. The molecule has 104 valence electrons. The van der Waals surface area contributed by atoms with Crippen LogP contribution in [0.25, 0.3) is 22.8 Å². The lowest BCUT2D eigenvalue weighted by Crippen LogP contribution is -1.99. The van der Waals surface area contributed by atoms with Crippen LogP contribution in [0.15, 0.2) is 47.2 Å². The number of rotatable bonds is 3. The summed E-state index contributed by atoms with van der Waals surface area (Å²) < 4.78 is 5.20. The summed E-state index contributed by atoms with van der Waals surface area (Å²) in [6, 6.07) is 8.35. The molecule has 0 bridgehead atoms. The first kappa shape index (κ1) is 13.0. The SMILES string of the molecule is Cc1ccncc1-c1noc(-c2ccccc2C(=O)O)n1. The normalized spacial score (nSPS) is 10.5. The van der Waals surface area contributed by atoms with Crippen LogP contribution >= 0.6 is 0 Å². The van der Waals surface area contributed by atoms with Crippen molar-refractivity contribution in [2.45, 2.75) is 6.92 Å². The van der Waals surface area contributed by atoms with Crippen LogP contribution in [0, 0.1) is 6.92 Å². The van der Waals surface area contributed by atoms with Gasteiger partial charge in [-0.1, -0.05) is 17.3 Å². The van der Waals surface area contributed by atoms with Crippen LogP contribution in [0.5, 0.6) is 0 Å². The van der Waals surface area contributed by atoms with Crippen LogP contribution < -0.4 is 0 Å². The number of pyridine rings is 1. The van der Waals surface area contributed by atoms with Crippen LogP contribution in [0.4, 0.5) is 0 Å². The molecule has 1 aromatic carbocycles. The molecule has 0 unspecified atom stereocenters. The number of carboxylic acid groups (broad SMARTS) is 1. The van der Waals surface area contributed by atoms with Crippen molar-refractivity contribution in [3.05, 3.63) is 53.9 Å². The zero-order chi connectivity index (χ0) is 14.8. The molecule has 3 rings (SSSR count). The quantitative estimate of drug-likeness (QED) is 0.794. The fourth-order valence-corrected chi connectivity index (χ4v) is 2.00. The maximum Gasteiger partial charge on any atom is 0.336 e. The van der Waals surface area contributed by atoms with Crippen molar-refractivity contribution in [2.24, 2.45) is 0 Å². The molecular formula is C15H11N3O3. The highest BCUT2D eigenvalue weighted by Crippen LogP contribution is 2.26. The number of aryl methyl sites for hydroxylation is 1. The summed E-state index contributed by atoms with van der Waals surface area (Å²) in [5.41, 5.74) is 2.23. The van der Waals surface area contributed by atoms with Crippen molar-refractivity contribution in [3.63, 3.8) is 0 Å². The Labute approximate surface area is 120 Å². The van der Waals surface area contributed by atoms with E-state index in [1.807, 2.05) is 13.0 Å². The molecule has 0 atom stereocenters.